The Bertz CT molecular complexity index is 500. The van der Waals surface area contributed by atoms with Crippen molar-refractivity contribution in [2.45, 2.75) is 83.3 Å². The molecule has 0 heterocycles. The van der Waals surface area contributed by atoms with Crippen LogP contribution in [0.2, 0.25) is 0 Å². The number of aliphatic hydroxyl groups is 2. The predicted molar refractivity (Wildman–Crippen MR) is 106 cm³/mol. The maximum Gasteiger partial charge on any atom is 0.219 e. The van der Waals surface area contributed by atoms with Gasteiger partial charge in [-0.1, -0.05) is 50.0 Å². The van der Waals surface area contributed by atoms with Gasteiger partial charge < -0.3 is 15.5 Å². The van der Waals surface area contributed by atoms with E-state index in [-0.39, 0.29) is 24.0 Å². The van der Waals surface area contributed by atoms with Gasteiger partial charge in [-0.2, -0.15) is 0 Å². The Morgan fingerprint density at radius 1 is 1.31 bits per heavy atom. The van der Waals surface area contributed by atoms with Crippen LogP contribution in [0.25, 0.3) is 0 Å². The minimum Gasteiger partial charge on any atom is -0.392 e. The van der Waals surface area contributed by atoms with Crippen LogP contribution in [0.3, 0.4) is 0 Å². The summed E-state index contributed by atoms with van der Waals surface area (Å²) in [6.45, 7) is 2.17. The molecular formula is C22H37NO3. The van der Waals surface area contributed by atoms with Crippen molar-refractivity contribution in [2.75, 3.05) is 7.05 Å². The molecule has 2 fully saturated rings. The molecule has 2 aliphatic carbocycles. The Kier molecular flexibility index (Phi) is 8.86. The fourth-order valence-electron chi connectivity index (χ4n) is 4.59. The lowest BCUT2D eigenvalue weighted by atomic mass is 9.90. The van der Waals surface area contributed by atoms with Crippen LogP contribution in [-0.2, 0) is 4.79 Å². The second kappa shape index (κ2) is 10.9. The monoisotopic (exact) mass is 363 g/mol. The lowest BCUT2D eigenvalue weighted by molar-refractivity contribution is -0.120. The van der Waals surface area contributed by atoms with Crippen LogP contribution in [0, 0.1) is 17.8 Å². The molecule has 0 aromatic heterocycles. The van der Waals surface area contributed by atoms with E-state index in [1.54, 1.807) is 7.05 Å². The van der Waals surface area contributed by atoms with Gasteiger partial charge in [0.15, 0.2) is 0 Å². The summed E-state index contributed by atoms with van der Waals surface area (Å²) in [6, 6.07) is 0. The topological polar surface area (TPSA) is 69.6 Å². The van der Waals surface area contributed by atoms with E-state index in [1.807, 2.05) is 6.08 Å². The first-order valence-corrected chi connectivity index (χ1v) is 10.5. The normalized spacial score (nSPS) is 30.8. The number of amides is 1. The fraction of sp³-hybridized carbons (Fsp3) is 0.773. The van der Waals surface area contributed by atoms with Gasteiger partial charge in [-0.25, -0.2) is 0 Å². The number of fused-ring (bicyclic) bond motifs is 1. The molecule has 0 aromatic rings. The molecule has 148 valence electrons. The SMILES string of the molecule is CCCCC[C@H](O)/C=C/[C@@H]1[C@H]2C/C(=C/CCCC(=O)NC)C[C@H]2C[C@H]1O. The Labute approximate surface area is 158 Å². The van der Waals surface area contributed by atoms with Gasteiger partial charge in [0.1, 0.15) is 0 Å². The van der Waals surface area contributed by atoms with Crippen molar-refractivity contribution in [1.29, 1.82) is 0 Å². The van der Waals surface area contributed by atoms with Crippen molar-refractivity contribution in [3.63, 3.8) is 0 Å². The van der Waals surface area contributed by atoms with E-state index in [9.17, 15) is 15.0 Å². The molecule has 0 radical (unpaired) electrons. The molecule has 4 heteroatoms. The summed E-state index contributed by atoms with van der Waals surface area (Å²) in [5, 5.41) is 23.2. The molecular weight excluding hydrogens is 326 g/mol. The highest BCUT2D eigenvalue weighted by Gasteiger charge is 2.44. The highest BCUT2D eigenvalue weighted by Crippen LogP contribution is 2.50. The number of allylic oxidation sites excluding steroid dienone is 2. The third kappa shape index (κ3) is 6.24. The molecule has 0 aliphatic heterocycles. The standard InChI is InChI=1S/C22H37NO3/c1-3-4-5-9-18(24)11-12-19-20-14-16(13-17(20)15-21(19)25)8-6-7-10-22(26)23-2/h8,11-12,17-21,24-25H,3-7,9-10,13-15H2,1-2H3,(H,23,26)/b12-11+,16-8+/t17-,18-,19+,20-,21+/m0/s1. The molecule has 26 heavy (non-hydrogen) atoms. The maximum atomic E-state index is 11.3. The lowest BCUT2D eigenvalue weighted by Crippen LogP contribution is -2.17. The van der Waals surface area contributed by atoms with Gasteiger partial charge in [-0.3, -0.25) is 4.79 Å². The van der Waals surface area contributed by atoms with E-state index in [1.165, 1.54) is 12.0 Å². The lowest BCUT2D eigenvalue weighted by Gasteiger charge is -2.17. The highest BCUT2D eigenvalue weighted by atomic mass is 16.3. The molecule has 4 nitrogen and oxygen atoms in total. The number of hydrogen-bond donors (Lipinski definition) is 3. The van der Waals surface area contributed by atoms with Crippen molar-refractivity contribution < 1.29 is 15.0 Å². The van der Waals surface area contributed by atoms with E-state index in [0.717, 1.165) is 51.4 Å². The van der Waals surface area contributed by atoms with Crippen molar-refractivity contribution in [2.24, 2.45) is 17.8 Å². The van der Waals surface area contributed by atoms with Crippen molar-refractivity contribution in [3.05, 3.63) is 23.8 Å². The van der Waals surface area contributed by atoms with Gasteiger partial charge in [0, 0.05) is 19.4 Å². The van der Waals surface area contributed by atoms with Gasteiger partial charge in [-0.15, -0.1) is 0 Å². The van der Waals surface area contributed by atoms with Crippen molar-refractivity contribution in [3.8, 4) is 0 Å². The Balaban J connectivity index is 1.81. The second-order valence-electron chi connectivity index (χ2n) is 8.09. The molecule has 3 N–H and O–H groups in total. The van der Waals surface area contributed by atoms with E-state index in [2.05, 4.69) is 24.4 Å². The van der Waals surface area contributed by atoms with Gasteiger partial charge in [0.05, 0.1) is 12.2 Å². The molecule has 0 bridgehead atoms. The van der Waals surface area contributed by atoms with Crippen LogP contribution in [0.1, 0.15) is 71.1 Å². The zero-order valence-corrected chi connectivity index (χ0v) is 16.5. The maximum absolute atomic E-state index is 11.3. The highest BCUT2D eigenvalue weighted by molar-refractivity contribution is 5.75. The number of unbranched alkanes of at least 4 members (excludes halogenated alkanes) is 3. The van der Waals surface area contributed by atoms with Crippen LogP contribution < -0.4 is 5.32 Å². The fourth-order valence-corrected chi connectivity index (χ4v) is 4.59. The molecule has 5 atom stereocenters. The summed E-state index contributed by atoms with van der Waals surface area (Å²) in [6.07, 6.45) is 15.3. The summed E-state index contributed by atoms with van der Waals surface area (Å²) in [4.78, 5) is 11.3. The Morgan fingerprint density at radius 2 is 2.12 bits per heavy atom. The van der Waals surface area contributed by atoms with Crippen LogP contribution in [0.15, 0.2) is 23.8 Å². The molecule has 0 saturated heterocycles. The summed E-state index contributed by atoms with van der Waals surface area (Å²) < 4.78 is 0. The number of carbonyl (C=O) groups is 1. The summed E-state index contributed by atoms with van der Waals surface area (Å²) in [5.41, 5.74) is 1.49. The minimum atomic E-state index is -0.381. The smallest absolute Gasteiger partial charge is 0.219 e. The number of carbonyl (C=O) groups excluding carboxylic acids is 1. The molecule has 0 aromatic carbocycles. The van der Waals surface area contributed by atoms with Crippen molar-refractivity contribution in [1.82, 2.24) is 5.32 Å². The quantitative estimate of drug-likeness (QED) is 0.409. The average Bonchev–Trinajstić information content (AvgIpc) is 3.13. The van der Waals surface area contributed by atoms with Crippen molar-refractivity contribution >= 4 is 5.91 Å². The van der Waals surface area contributed by atoms with E-state index in [4.69, 9.17) is 0 Å². The molecule has 0 unspecified atom stereocenters. The molecule has 0 spiro atoms. The third-order valence-corrected chi connectivity index (χ3v) is 6.09. The van der Waals surface area contributed by atoms with Crippen LogP contribution >= 0.6 is 0 Å². The zero-order chi connectivity index (χ0) is 18.9. The van der Waals surface area contributed by atoms with Gasteiger partial charge >= 0.3 is 0 Å². The van der Waals surface area contributed by atoms with Crippen LogP contribution in [0.4, 0.5) is 0 Å². The summed E-state index contributed by atoms with van der Waals surface area (Å²) >= 11 is 0. The van der Waals surface area contributed by atoms with Gasteiger partial charge in [0.2, 0.25) is 5.91 Å². The van der Waals surface area contributed by atoms with E-state index >= 15 is 0 Å². The van der Waals surface area contributed by atoms with Crippen LogP contribution in [0.5, 0.6) is 0 Å². The largest absolute Gasteiger partial charge is 0.392 e. The molecule has 2 rings (SSSR count). The summed E-state index contributed by atoms with van der Waals surface area (Å²) in [7, 11) is 1.68. The first kappa shape index (κ1) is 21.2. The van der Waals surface area contributed by atoms with Gasteiger partial charge in [0.25, 0.3) is 0 Å². The average molecular weight is 364 g/mol. The van der Waals surface area contributed by atoms with Crippen LogP contribution in [-0.4, -0.2) is 35.4 Å². The van der Waals surface area contributed by atoms with E-state index in [0.29, 0.717) is 18.3 Å². The second-order valence-corrected chi connectivity index (χ2v) is 8.09. The molecule has 2 aliphatic rings. The Hall–Kier alpha value is -1.13. The number of rotatable bonds is 10. The first-order chi connectivity index (χ1) is 12.5. The zero-order valence-electron chi connectivity index (χ0n) is 16.5. The first-order valence-electron chi connectivity index (χ1n) is 10.5. The minimum absolute atomic E-state index is 0.109. The number of hydrogen-bond acceptors (Lipinski definition) is 3. The predicted octanol–water partition coefficient (Wildman–Crippen LogP) is 3.73. The molecule has 1 amide bonds. The third-order valence-electron chi connectivity index (χ3n) is 6.09. The summed E-state index contributed by atoms with van der Waals surface area (Å²) in [5.74, 6) is 1.37. The number of nitrogens with one attached hydrogen (secondary N) is 1. The van der Waals surface area contributed by atoms with E-state index < -0.39 is 0 Å². The Morgan fingerprint density at radius 3 is 2.85 bits per heavy atom. The number of aliphatic hydroxyl groups excluding tert-OH is 2. The van der Waals surface area contributed by atoms with Gasteiger partial charge in [-0.05, 0) is 50.4 Å². The molecule has 2 saturated carbocycles.